The van der Waals surface area contributed by atoms with Crippen molar-refractivity contribution in [1.29, 1.82) is 0 Å². The van der Waals surface area contributed by atoms with Crippen LogP contribution < -0.4 is 46.1 Å². The lowest BCUT2D eigenvalue weighted by molar-refractivity contribution is -0.111. The molecule has 8 aromatic rings. The summed E-state index contributed by atoms with van der Waals surface area (Å²) in [5, 5.41) is 23.2. The summed E-state index contributed by atoms with van der Waals surface area (Å²) < 4.78 is 80.7. The summed E-state index contributed by atoms with van der Waals surface area (Å²) in [6.45, 7) is 6.22. The number of amides is 1. The van der Waals surface area contributed by atoms with Crippen molar-refractivity contribution in [3.63, 3.8) is 0 Å². The second-order valence-electron chi connectivity index (χ2n) is 19.5. The fraction of sp³-hybridized carbons (Fsp3) is 0.259. The molecule has 0 aliphatic rings. The first-order valence-electron chi connectivity index (χ1n) is 26.5. The van der Waals surface area contributed by atoms with Gasteiger partial charge in [0.2, 0.25) is 27.8 Å². The third kappa shape index (κ3) is 15.9. The molecule has 3 heterocycles. The van der Waals surface area contributed by atoms with Gasteiger partial charge in [-0.2, -0.15) is 4.98 Å². The number of rotatable bonds is 29. The van der Waals surface area contributed by atoms with Crippen LogP contribution in [0.5, 0.6) is 5.75 Å². The normalized spacial score (nSPS) is 12.0. The van der Waals surface area contributed by atoms with E-state index in [1.165, 1.54) is 79.0 Å². The fourth-order valence-electron chi connectivity index (χ4n) is 9.08. The summed E-state index contributed by atoms with van der Waals surface area (Å²) in [5.74, 6) is 0.225. The van der Waals surface area contributed by atoms with E-state index >= 15 is 0 Å². The third-order valence-corrected chi connectivity index (χ3v) is 17.0. The maximum Gasteiger partial charge on any atom is 0.261 e. The molecule has 1 atom stereocenters. The van der Waals surface area contributed by atoms with E-state index in [4.69, 9.17) is 15.5 Å². The number of halogens is 2. The van der Waals surface area contributed by atoms with Crippen LogP contribution in [0.15, 0.2) is 155 Å². The van der Waals surface area contributed by atoms with E-state index in [0.29, 0.717) is 46.2 Å². The van der Waals surface area contributed by atoms with Gasteiger partial charge in [0.15, 0.2) is 0 Å². The molecule has 0 fully saturated rings. The van der Waals surface area contributed by atoms with Crippen molar-refractivity contribution >= 4 is 105 Å². The summed E-state index contributed by atoms with van der Waals surface area (Å²) >= 11 is 3.36. The number of nitrogens with one attached hydrogen (secondary N) is 6. The summed E-state index contributed by atoms with van der Waals surface area (Å²) in [4.78, 5) is 34.9. The molecule has 25 heteroatoms. The molecule has 0 bridgehead atoms. The number of nitrogens with zero attached hydrogens (tertiary/aromatic N) is 7. The maximum absolute atomic E-state index is 14.4. The lowest BCUT2D eigenvalue weighted by atomic mass is 10.1. The SMILES string of the molecule is C=CC(=O)Nc1cc(Nc2nccc(-c3cn(C)c4ccccc34)n2)c(OC)cc1N(C)CCN(C)CCCCCCCCNS(=O)(=O)c1ccc(NS(=O)(=O)c2ccc(Nc3ncc(Br)c(Nc4cccc(F)c4C(N)O)n3)cc2)cc1. The van der Waals surface area contributed by atoms with Crippen LogP contribution >= 0.6 is 15.9 Å². The number of unbranched alkanes of at least 4 members (excludes halogenated alkanes) is 5. The third-order valence-electron chi connectivity index (χ3n) is 13.5. The van der Waals surface area contributed by atoms with Crippen LogP contribution in [0.3, 0.4) is 0 Å². The van der Waals surface area contributed by atoms with Crippen LogP contribution in [0.25, 0.3) is 22.2 Å². The number of anilines is 9. The molecule has 0 aliphatic carbocycles. The monoisotopic (exact) mass is 1230 g/mol. The number of hydrogen-bond acceptors (Lipinski definition) is 17. The Labute approximate surface area is 490 Å². The summed E-state index contributed by atoms with van der Waals surface area (Å²) in [6.07, 6.45) is 10.4. The molecule has 0 aliphatic heterocycles. The highest BCUT2D eigenvalue weighted by molar-refractivity contribution is 9.10. The van der Waals surface area contributed by atoms with Crippen LogP contribution in [0.4, 0.5) is 56.2 Å². The molecule has 83 heavy (non-hydrogen) atoms. The first kappa shape index (κ1) is 61.0. The minimum Gasteiger partial charge on any atom is -0.494 e. The maximum atomic E-state index is 14.4. The number of methoxy groups -OCH3 is 1. The van der Waals surface area contributed by atoms with Crippen molar-refractivity contribution in [3.8, 4) is 17.0 Å². The van der Waals surface area contributed by atoms with E-state index in [1.54, 1.807) is 13.3 Å². The largest absolute Gasteiger partial charge is 0.494 e. The quantitative estimate of drug-likeness (QED) is 0.0123. The Kier molecular flexibility index (Phi) is 20.5. The minimum absolute atomic E-state index is 0.00404. The van der Waals surface area contributed by atoms with Crippen molar-refractivity contribution in [2.24, 2.45) is 12.8 Å². The van der Waals surface area contributed by atoms with Crippen LogP contribution in [-0.4, -0.2) is 105 Å². The van der Waals surface area contributed by atoms with E-state index in [0.717, 1.165) is 73.0 Å². The van der Waals surface area contributed by atoms with Gasteiger partial charge in [-0.25, -0.2) is 40.9 Å². The Hall–Kier alpha value is -8.04. The highest BCUT2D eigenvalue weighted by Gasteiger charge is 2.21. The average Bonchev–Trinajstić information content (AvgIpc) is 4.11. The van der Waals surface area contributed by atoms with Gasteiger partial charge in [0.05, 0.1) is 49.7 Å². The average molecular weight is 1230 g/mol. The summed E-state index contributed by atoms with van der Waals surface area (Å²) in [7, 11) is -0.263. The van der Waals surface area contributed by atoms with Crippen LogP contribution in [-0.2, 0) is 31.9 Å². The number of carbonyl (C=O) groups excluding carboxylic acids is 1. The first-order chi connectivity index (χ1) is 39.8. The Morgan fingerprint density at radius 1 is 0.795 bits per heavy atom. The van der Waals surface area contributed by atoms with Crippen LogP contribution in [0.1, 0.15) is 50.3 Å². The van der Waals surface area contributed by atoms with Crippen molar-refractivity contribution in [2.45, 2.75) is 54.5 Å². The fourth-order valence-corrected chi connectivity index (χ4v) is 11.5. The van der Waals surface area contributed by atoms with Gasteiger partial charge in [0.25, 0.3) is 10.0 Å². The number of para-hydroxylation sites is 1. The molecule has 5 aromatic carbocycles. The molecule has 0 radical (unpaired) electrons. The van der Waals surface area contributed by atoms with Crippen molar-refractivity contribution in [3.05, 3.63) is 156 Å². The Bertz CT molecular complexity index is 3800. The smallest absolute Gasteiger partial charge is 0.261 e. The molecule has 436 valence electrons. The molecular weight excluding hydrogens is 1170 g/mol. The predicted octanol–water partition coefficient (Wildman–Crippen LogP) is 10.1. The van der Waals surface area contributed by atoms with Crippen LogP contribution in [0.2, 0.25) is 0 Å². The number of aliphatic hydroxyl groups excluding tert-OH is 1. The molecule has 0 saturated heterocycles. The lowest BCUT2D eigenvalue weighted by Gasteiger charge is -2.27. The number of hydrogen-bond donors (Lipinski definition) is 8. The van der Waals surface area contributed by atoms with Gasteiger partial charge in [-0.05, 0) is 127 Å². The highest BCUT2D eigenvalue weighted by atomic mass is 79.9. The predicted molar refractivity (Wildman–Crippen MR) is 328 cm³/mol. The second kappa shape index (κ2) is 27.8. The van der Waals surface area contributed by atoms with E-state index < -0.39 is 32.1 Å². The van der Waals surface area contributed by atoms with Crippen LogP contribution in [0, 0.1) is 5.82 Å². The Morgan fingerprint density at radius 2 is 1.48 bits per heavy atom. The first-order valence-corrected chi connectivity index (χ1v) is 30.3. The topological polar surface area (TPSA) is 276 Å². The second-order valence-corrected chi connectivity index (χ2v) is 23.8. The Balaban J connectivity index is 0.737. The van der Waals surface area contributed by atoms with E-state index in [2.05, 4.69) is 102 Å². The zero-order valence-corrected chi connectivity index (χ0v) is 49.5. The van der Waals surface area contributed by atoms with Gasteiger partial charge < -0.3 is 51.2 Å². The number of nitrogens with two attached hydrogens (primary N) is 1. The zero-order chi connectivity index (χ0) is 59.3. The van der Waals surface area contributed by atoms with Gasteiger partial charge in [-0.15, -0.1) is 0 Å². The molecule has 9 N–H and O–H groups in total. The van der Waals surface area contributed by atoms with Gasteiger partial charge >= 0.3 is 0 Å². The molecular formula is C58H66BrFN14O7S2. The van der Waals surface area contributed by atoms with Crippen molar-refractivity contribution in [2.75, 3.05) is 78.3 Å². The van der Waals surface area contributed by atoms with Crippen molar-refractivity contribution in [1.82, 2.24) is 34.1 Å². The molecule has 1 unspecified atom stereocenters. The van der Waals surface area contributed by atoms with E-state index in [1.807, 2.05) is 50.6 Å². The number of sulfonamides is 2. The molecule has 0 spiro atoms. The number of carbonyl (C=O) groups is 1. The van der Waals surface area contributed by atoms with E-state index in [9.17, 15) is 31.1 Å². The number of aliphatic hydroxyl groups is 1. The molecule has 0 saturated carbocycles. The molecule has 1 amide bonds. The highest BCUT2D eigenvalue weighted by Crippen LogP contribution is 2.39. The van der Waals surface area contributed by atoms with Gasteiger partial charge in [-0.3, -0.25) is 9.52 Å². The lowest BCUT2D eigenvalue weighted by Crippen LogP contribution is -2.32. The van der Waals surface area contributed by atoms with Gasteiger partial charge in [0.1, 0.15) is 23.6 Å². The van der Waals surface area contributed by atoms with Gasteiger partial charge in [0, 0.05) is 91.9 Å². The molecule has 8 rings (SSSR count). The number of aromatic nitrogens is 5. The molecule has 3 aromatic heterocycles. The number of fused-ring (bicyclic) bond motifs is 1. The zero-order valence-electron chi connectivity index (χ0n) is 46.2. The Morgan fingerprint density at radius 3 is 2.20 bits per heavy atom. The number of aryl methyl sites for hydroxylation is 1. The summed E-state index contributed by atoms with van der Waals surface area (Å²) in [5.41, 5.74) is 11.0. The van der Waals surface area contributed by atoms with Gasteiger partial charge in [-0.1, -0.05) is 56.5 Å². The summed E-state index contributed by atoms with van der Waals surface area (Å²) in [6, 6.07) is 29.1. The number of ether oxygens (including phenoxy) is 1. The standard InChI is InChI=1S/C58H66BrFN14O7S2/c1-6-53(75)66-48-34-49(69-57-62-30-28-46(68-57)43-37-74(4)50-19-12-11-16-42(43)50)52(81-5)35-51(48)73(3)33-32-72(2)31-14-10-8-7-9-13-29-64-82(77,78)40-26-22-39(23-27-40)71-83(79,80)41-24-20-38(21-25-41)65-58-63-36-44(59)56(70-58)67-47-18-15-17-45(60)54(47)55(61)76/h6,11-12,15-28,30,34-37,55,64,71,76H,1,7-10,13-14,29,31-33,61H2,2-5H3,(H,66,75)(H,62,68,69)(H2,63,65,67,70). The number of likely N-dealkylation sites (N-methyl/N-ethyl adjacent to an activating group) is 2. The minimum atomic E-state index is -4.06. The van der Waals surface area contributed by atoms with Crippen molar-refractivity contribution < 1.29 is 35.9 Å². The van der Waals surface area contributed by atoms with E-state index in [-0.39, 0.29) is 50.9 Å². The number of benzene rings is 5. The molecule has 21 nitrogen and oxygen atoms in total.